The third-order valence-corrected chi connectivity index (χ3v) is 3.82. The Bertz CT molecular complexity index is 311. The van der Waals surface area contributed by atoms with Crippen LogP contribution in [0.15, 0.2) is 0 Å². The summed E-state index contributed by atoms with van der Waals surface area (Å²) in [4.78, 5) is 15.9. The molecule has 0 saturated carbocycles. The van der Waals surface area contributed by atoms with E-state index in [0.717, 1.165) is 26.2 Å². The number of rotatable bonds is 3. The van der Waals surface area contributed by atoms with Crippen molar-refractivity contribution >= 4 is 6.09 Å². The summed E-state index contributed by atoms with van der Waals surface area (Å²) >= 11 is 0. The summed E-state index contributed by atoms with van der Waals surface area (Å²) in [6.07, 6.45) is -0.202. The molecule has 18 heavy (non-hydrogen) atoms. The van der Waals surface area contributed by atoms with Crippen LogP contribution in [0.5, 0.6) is 0 Å². The van der Waals surface area contributed by atoms with Crippen LogP contribution < -0.4 is 0 Å². The molecule has 2 saturated heterocycles. The fraction of sp³-hybridized carbons (Fsp3) is 0.923. The van der Waals surface area contributed by atoms with Crippen molar-refractivity contribution in [2.75, 3.05) is 46.5 Å². The molecular weight excluding hydrogens is 232 g/mol. The first-order valence-electron chi connectivity index (χ1n) is 6.52. The first-order valence-corrected chi connectivity index (χ1v) is 6.52. The lowest BCUT2D eigenvalue weighted by Crippen LogP contribution is -2.75. The van der Waals surface area contributed by atoms with Gasteiger partial charge < -0.3 is 14.4 Å². The number of carbonyl (C=O) groups excluding carboxylic acids is 1. The molecule has 2 rings (SSSR count). The van der Waals surface area contributed by atoms with E-state index in [1.807, 2.05) is 0 Å². The zero-order valence-corrected chi connectivity index (χ0v) is 11.9. The molecule has 1 spiro atoms. The van der Waals surface area contributed by atoms with Gasteiger partial charge >= 0.3 is 6.09 Å². The van der Waals surface area contributed by atoms with Gasteiger partial charge in [-0.2, -0.15) is 0 Å². The lowest BCUT2D eigenvalue weighted by atomic mass is 9.71. The molecule has 5 heteroatoms. The molecule has 0 bridgehead atoms. The molecule has 0 unspecified atom stereocenters. The van der Waals surface area contributed by atoms with Crippen molar-refractivity contribution < 1.29 is 14.3 Å². The van der Waals surface area contributed by atoms with Gasteiger partial charge in [0.15, 0.2) is 0 Å². The van der Waals surface area contributed by atoms with Crippen LogP contribution in [0.25, 0.3) is 0 Å². The Kier molecular flexibility index (Phi) is 3.56. The van der Waals surface area contributed by atoms with E-state index in [-0.39, 0.29) is 11.6 Å². The van der Waals surface area contributed by atoms with Gasteiger partial charge in [0.25, 0.3) is 0 Å². The molecule has 1 amide bonds. The second-order valence-electron chi connectivity index (χ2n) is 6.49. The van der Waals surface area contributed by atoms with Gasteiger partial charge in [-0.1, -0.05) is 0 Å². The Labute approximate surface area is 109 Å². The molecule has 0 aromatic heterocycles. The van der Waals surface area contributed by atoms with Crippen molar-refractivity contribution in [3.05, 3.63) is 0 Å². The third-order valence-electron chi connectivity index (χ3n) is 3.82. The monoisotopic (exact) mass is 256 g/mol. The molecule has 0 radical (unpaired) electrons. The number of likely N-dealkylation sites (tertiary alicyclic amines) is 2. The quantitative estimate of drug-likeness (QED) is 0.711. The van der Waals surface area contributed by atoms with E-state index in [9.17, 15) is 4.79 Å². The molecule has 104 valence electrons. The summed E-state index contributed by atoms with van der Waals surface area (Å²) in [7, 11) is 1.60. The molecule has 2 fully saturated rings. The minimum absolute atomic E-state index is 0.202. The van der Waals surface area contributed by atoms with Crippen LogP contribution in [0, 0.1) is 5.41 Å². The molecule has 2 aliphatic rings. The van der Waals surface area contributed by atoms with Gasteiger partial charge in [-0.3, -0.25) is 4.90 Å². The van der Waals surface area contributed by atoms with Gasteiger partial charge in [0.05, 0.1) is 6.61 Å². The standard InChI is InChI=1S/C13H24N2O3/c1-12(2,3)15-9-13(10-15)7-14(8-13)11(16)18-6-5-17-4/h5-10H2,1-4H3. The van der Waals surface area contributed by atoms with Crippen LogP contribution in [0.1, 0.15) is 20.8 Å². The van der Waals surface area contributed by atoms with Crippen LogP contribution in [-0.2, 0) is 9.47 Å². The van der Waals surface area contributed by atoms with Crippen LogP contribution in [0.2, 0.25) is 0 Å². The number of nitrogens with zero attached hydrogens (tertiary/aromatic N) is 2. The van der Waals surface area contributed by atoms with E-state index in [1.54, 1.807) is 12.0 Å². The first kappa shape index (κ1) is 13.6. The van der Waals surface area contributed by atoms with Crippen LogP contribution in [-0.4, -0.2) is 67.9 Å². The molecule has 0 atom stereocenters. The second-order valence-corrected chi connectivity index (χ2v) is 6.49. The normalized spacial score (nSPS) is 22.6. The smallest absolute Gasteiger partial charge is 0.409 e. The molecule has 0 aromatic carbocycles. The van der Waals surface area contributed by atoms with E-state index >= 15 is 0 Å². The van der Waals surface area contributed by atoms with Gasteiger partial charge in [0.1, 0.15) is 6.61 Å². The maximum atomic E-state index is 11.6. The summed E-state index contributed by atoms with van der Waals surface area (Å²) in [5.41, 5.74) is 0.582. The van der Waals surface area contributed by atoms with Gasteiger partial charge in [-0.15, -0.1) is 0 Å². The largest absolute Gasteiger partial charge is 0.447 e. The zero-order valence-electron chi connectivity index (χ0n) is 11.9. The Morgan fingerprint density at radius 1 is 1.17 bits per heavy atom. The molecular formula is C13H24N2O3. The van der Waals surface area contributed by atoms with Crippen LogP contribution in [0.4, 0.5) is 4.79 Å². The fourth-order valence-corrected chi connectivity index (χ4v) is 2.63. The van der Waals surface area contributed by atoms with Crippen molar-refractivity contribution in [1.82, 2.24) is 9.80 Å². The summed E-state index contributed by atoms with van der Waals surface area (Å²) in [6, 6.07) is 0. The van der Waals surface area contributed by atoms with Gasteiger partial charge in [0.2, 0.25) is 0 Å². The third kappa shape index (κ3) is 2.62. The zero-order chi connectivity index (χ0) is 13.4. The summed E-state index contributed by atoms with van der Waals surface area (Å²) in [5, 5.41) is 0. The molecule has 0 N–H and O–H groups in total. The fourth-order valence-electron chi connectivity index (χ4n) is 2.63. The number of hydrogen-bond acceptors (Lipinski definition) is 4. The van der Waals surface area contributed by atoms with E-state index in [2.05, 4.69) is 25.7 Å². The maximum absolute atomic E-state index is 11.6. The lowest BCUT2D eigenvalue weighted by molar-refractivity contribution is -0.135. The van der Waals surface area contributed by atoms with Gasteiger partial charge in [-0.05, 0) is 20.8 Å². The van der Waals surface area contributed by atoms with Crippen molar-refractivity contribution in [1.29, 1.82) is 0 Å². The predicted molar refractivity (Wildman–Crippen MR) is 68.6 cm³/mol. The highest BCUT2D eigenvalue weighted by molar-refractivity contribution is 5.69. The van der Waals surface area contributed by atoms with Gasteiger partial charge in [-0.25, -0.2) is 4.79 Å². The number of ether oxygens (including phenoxy) is 2. The maximum Gasteiger partial charge on any atom is 0.409 e. The molecule has 2 aliphatic heterocycles. The van der Waals surface area contributed by atoms with Crippen LogP contribution >= 0.6 is 0 Å². The molecule has 0 aromatic rings. The number of hydrogen-bond donors (Lipinski definition) is 0. The minimum Gasteiger partial charge on any atom is -0.447 e. The SMILES string of the molecule is COCCOC(=O)N1CC2(C1)CN(C(C)(C)C)C2. The summed E-state index contributed by atoms with van der Waals surface area (Å²) in [5.74, 6) is 0. The topological polar surface area (TPSA) is 42.0 Å². The average molecular weight is 256 g/mol. The molecule has 0 aliphatic carbocycles. The van der Waals surface area contributed by atoms with Crippen molar-refractivity contribution in [2.24, 2.45) is 5.41 Å². The van der Waals surface area contributed by atoms with E-state index < -0.39 is 0 Å². The van der Waals surface area contributed by atoms with E-state index in [4.69, 9.17) is 9.47 Å². The molecule has 2 heterocycles. The minimum atomic E-state index is -0.202. The van der Waals surface area contributed by atoms with Crippen LogP contribution in [0.3, 0.4) is 0 Å². The Morgan fingerprint density at radius 3 is 2.28 bits per heavy atom. The highest BCUT2D eigenvalue weighted by Gasteiger charge is 2.55. The predicted octanol–water partition coefficient (Wildman–Crippen LogP) is 1.19. The highest BCUT2D eigenvalue weighted by atomic mass is 16.6. The number of amides is 1. The lowest BCUT2D eigenvalue weighted by Gasteiger charge is -2.63. The summed E-state index contributed by atoms with van der Waals surface area (Å²) < 4.78 is 9.94. The van der Waals surface area contributed by atoms with Crippen molar-refractivity contribution in [3.8, 4) is 0 Å². The Balaban J connectivity index is 1.67. The van der Waals surface area contributed by atoms with Crippen molar-refractivity contribution in [3.63, 3.8) is 0 Å². The number of methoxy groups -OCH3 is 1. The van der Waals surface area contributed by atoms with Gasteiger partial charge in [0, 0.05) is 44.2 Å². The second kappa shape index (κ2) is 4.70. The first-order chi connectivity index (χ1) is 8.36. The van der Waals surface area contributed by atoms with E-state index in [1.165, 1.54) is 0 Å². The van der Waals surface area contributed by atoms with Crippen molar-refractivity contribution in [2.45, 2.75) is 26.3 Å². The average Bonchev–Trinajstić information content (AvgIpc) is 2.11. The Hall–Kier alpha value is -0.810. The summed E-state index contributed by atoms with van der Waals surface area (Å²) in [6.45, 7) is 11.4. The highest BCUT2D eigenvalue weighted by Crippen LogP contribution is 2.42. The Morgan fingerprint density at radius 2 is 1.78 bits per heavy atom. The van der Waals surface area contributed by atoms with E-state index in [0.29, 0.717) is 18.6 Å². The molecule has 5 nitrogen and oxygen atoms in total. The number of carbonyl (C=O) groups is 1.